The number of aromatic nitrogens is 1. The second-order valence-electron chi connectivity index (χ2n) is 5.25. The molecule has 0 saturated carbocycles. The van der Waals surface area contributed by atoms with Gasteiger partial charge in [0, 0.05) is 37.4 Å². The number of hydrogen-bond donors (Lipinski definition) is 0. The molecule has 5 heteroatoms. The summed E-state index contributed by atoms with van der Waals surface area (Å²) in [5.74, 6) is 0.0592. The molecule has 1 aromatic carbocycles. The number of halogens is 1. The Morgan fingerprint density at radius 2 is 2.10 bits per heavy atom. The van der Waals surface area contributed by atoms with Crippen LogP contribution in [0.25, 0.3) is 11.0 Å². The highest BCUT2D eigenvalue weighted by Gasteiger charge is 2.16. The molecule has 20 heavy (non-hydrogen) atoms. The smallest absolute Gasteiger partial charge is 0.170 e. The molecule has 0 spiro atoms. The number of benzene rings is 1. The van der Waals surface area contributed by atoms with E-state index in [2.05, 4.69) is 10.1 Å². The Morgan fingerprint density at radius 1 is 1.30 bits per heavy atom. The number of carbonyl (C=O) groups excluding carboxylic acids is 1. The lowest BCUT2D eigenvalue weighted by atomic mass is 10.1. The molecular weight excluding hydrogens is 259 g/mol. The maximum absolute atomic E-state index is 13.1. The number of nitrogens with zero attached hydrogens (tertiary/aromatic N) is 2. The average molecular weight is 276 g/mol. The van der Waals surface area contributed by atoms with Crippen LogP contribution in [0.4, 0.5) is 4.39 Å². The molecule has 3 rings (SSSR count). The molecule has 2 aromatic rings. The molecule has 0 unspecified atom stereocenters. The molecule has 106 valence electrons. The number of carbonyl (C=O) groups is 1. The van der Waals surface area contributed by atoms with Crippen LogP contribution < -0.4 is 0 Å². The highest BCUT2D eigenvalue weighted by Crippen LogP contribution is 2.20. The third-order valence-corrected chi connectivity index (χ3v) is 3.81. The summed E-state index contributed by atoms with van der Waals surface area (Å²) in [6.45, 7) is 2.69. The summed E-state index contributed by atoms with van der Waals surface area (Å²) in [6.07, 6.45) is 3.12. The number of aryl methyl sites for hydroxylation is 1. The molecule has 2 heterocycles. The van der Waals surface area contributed by atoms with Crippen molar-refractivity contribution >= 4 is 16.8 Å². The van der Waals surface area contributed by atoms with E-state index in [0.717, 1.165) is 43.6 Å². The van der Waals surface area contributed by atoms with Gasteiger partial charge in [-0.15, -0.1) is 0 Å². The van der Waals surface area contributed by atoms with Crippen molar-refractivity contribution < 1.29 is 13.7 Å². The van der Waals surface area contributed by atoms with Gasteiger partial charge in [-0.2, -0.15) is 0 Å². The zero-order chi connectivity index (χ0) is 13.9. The van der Waals surface area contributed by atoms with E-state index < -0.39 is 0 Å². The summed E-state index contributed by atoms with van der Waals surface area (Å²) in [5, 5.41) is 4.91. The zero-order valence-electron chi connectivity index (χ0n) is 11.3. The Balaban J connectivity index is 1.56. The molecule has 0 amide bonds. The molecule has 0 bridgehead atoms. The van der Waals surface area contributed by atoms with Gasteiger partial charge in [-0.25, -0.2) is 4.39 Å². The van der Waals surface area contributed by atoms with Crippen LogP contribution in [0.5, 0.6) is 0 Å². The summed E-state index contributed by atoms with van der Waals surface area (Å²) in [6, 6.07) is 4.51. The number of rotatable bonds is 4. The summed E-state index contributed by atoms with van der Waals surface area (Å²) in [7, 11) is 0. The molecule has 1 aliphatic rings. The maximum Gasteiger partial charge on any atom is 0.170 e. The Kier molecular flexibility index (Phi) is 3.78. The van der Waals surface area contributed by atoms with E-state index in [4.69, 9.17) is 4.52 Å². The number of likely N-dealkylation sites (tertiary alicyclic amines) is 1. The van der Waals surface area contributed by atoms with Crippen LogP contribution in [0.3, 0.4) is 0 Å². The average Bonchev–Trinajstić information content (AvgIpc) is 2.83. The van der Waals surface area contributed by atoms with Crippen molar-refractivity contribution in [2.24, 2.45) is 0 Å². The van der Waals surface area contributed by atoms with Crippen molar-refractivity contribution in [3.8, 4) is 0 Å². The minimum Gasteiger partial charge on any atom is -0.356 e. The van der Waals surface area contributed by atoms with Crippen LogP contribution >= 0.6 is 0 Å². The van der Waals surface area contributed by atoms with Gasteiger partial charge in [-0.1, -0.05) is 5.16 Å². The topological polar surface area (TPSA) is 46.3 Å². The third kappa shape index (κ3) is 2.88. The Hall–Kier alpha value is -1.75. The van der Waals surface area contributed by atoms with E-state index >= 15 is 0 Å². The Morgan fingerprint density at radius 3 is 2.90 bits per heavy atom. The number of hydrogen-bond acceptors (Lipinski definition) is 4. The van der Waals surface area contributed by atoms with Crippen LogP contribution in [0.2, 0.25) is 0 Å². The Labute approximate surface area is 116 Å². The largest absolute Gasteiger partial charge is 0.356 e. The summed E-state index contributed by atoms with van der Waals surface area (Å²) in [5.41, 5.74) is 1.39. The quantitative estimate of drug-likeness (QED) is 0.861. The van der Waals surface area contributed by atoms with E-state index in [9.17, 15) is 9.18 Å². The number of Topliss-reactive ketones (excluding diaryl/α,β-unsaturated/α-hetero) is 1. The summed E-state index contributed by atoms with van der Waals surface area (Å²) >= 11 is 0. The predicted octanol–water partition coefficient (Wildman–Crippen LogP) is 2.56. The van der Waals surface area contributed by atoms with E-state index in [1.54, 1.807) is 6.07 Å². The van der Waals surface area contributed by atoms with Crippen LogP contribution in [0.1, 0.15) is 25.0 Å². The lowest BCUT2D eigenvalue weighted by Crippen LogP contribution is -2.34. The van der Waals surface area contributed by atoms with Gasteiger partial charge < -0.3 is 9.42 Å². The summed E-state index contributed by atoms with van der Waals surface area (Å²) in [4.78, 5) is 13.5. The van der Waals surface area contributed by atoms with Gasteiger partial charge >= 0.3 is 0 Å². The first-order valence-electron chi connectivity index (χ1n) is 7.00. The fourth-order valence-corrected chi connectivity index (χ4v) is 2.64. The lowest BCUT2D eigenvalue weighted by molar-refractivity contribution is -0.121. The standard InChI is InChI=1S/C15H17FN2O2/c16-11-3-4-13-14(17-20-15(13)10-11)2-1-7-18-8-5-12(19)6-9-18/h3-4,10H,1-2,5-9H2. The molecule has 1 aromatic heterocycles. The molecule has 0 radical (unpaired) electrons. The first kappa shape index (κ1) is 13.2. The van der Waals surface area contributed by atoms with Crippen LogP contribution in [0, 0.1) is 5.82 Å². The predicted molar refractivity (Wildman–Crippen MR) is 73.0 cm³/mol. The second kappa shape index (κ2) is 5.71. The van der Waals surface area contributed by atoms with Crippen molar-refractivity contribution in [2.75, 3.05) is 19.6 Å². The second-order valence-corrected chi connectivity index (χ2v) is 5.25. The molecule has 1 saturated heterocycles. The van der Waals surface area contributed by atoms with Crippen LogP contribution in [-0.4, -0.2) is 35.5 Å². The van der Waals surface area contributed by atoms with Gasteiger partial charge in [0.05, 0.1) is 5.69 Å². The molecule has 1 aliphatic heterocycles. The van der Waals surface area contributed by atoms with Crippen molar-refractivity contribution in [1.29, 1.82) is 0 Å². The fraction of sp³-hybridized carbons (Fsp3) is 0.467. The monoisotopic (exact) mass is 276 g/mol. The first-order valence-corrected chi connectivity index (χ1v) is 7.00. The number of ketones is 1. The molecule has 0 N–H and O–H groups in total. The highest BCUT2D eigenvalue weighted by atomic mass is 19.1. The molecule has 0 atom stereocenters. The van der Waals surface area contributed by atoms with Crippen molar-refractivity contribution in [2.45, 2.75) is 25.7 Å². The van der Waals surface area contributed by atoms with Crippen molar-refractivity contribution in [3.05, 3.63) is 29.7 Å². The third-order valence-electron chi connectivity index (χ3n) is 3.81. The molecule has 0 aliphatic carbocycles. The maximum atomic E-state index is 13.1. The van der Waals surface area contributed by atoms with Crippen LogP contribution in [0.15, 0.2) is 22.7 Å². The molecule has 4 nitrogen and oxygen atoms in total. The van der Waals surface area contributed by atoms with Gasteiger partial charge in [0.15, 0.2) is 5.58 Å². The normalized spacial score (nSPS) is 16.9. The van der Waals surface area contributed by atoms with Gasteiger partial charge in [0.2, 0.25) is 0 Å². The van der Waals surface area contributed by atoms with E-state index in [1.807, 2.05) is 0 Å². The highest BCUT2D eigenvalue weighted by molar-refractivity contribution is 5.79. The summed E-state index contributed by atoms with van der Waals surface area (Å²) < 4.78 is 18.2. The van der Waals surface area contributed by atoms with Gasteiger partial charge in [0.1, 0.15) is 11.6 Å². The first-order chi connectivity index (χ1) is 9.72. The fourth-order valence-electron chi connectivity index (χ4n) is 2.64. The van der Waals surface area contributed by atoms with Crippen molar-refractivity contribution in [3.63, 3.8) is 0 Å². The minimum absolute atomic E-state index is 0.307. The van der Waals surface area contributed by atoms with E-state index in [1.165, 1.54) is 12.1 Å². The van der Waals surface area contributed by atoms with E-state index in [-0.39, 0.29) is 5.82 Å². The number of fused-ring (bicyclic) bond motifs is 1. The zero-order valence-corrected chi connectivity index (χ0v) is 11.3. The minimum atomic E-state index is -0.307. The molecule has 1 fully saturated rings. The van der Waals surface area contributed by atoms with Crippen molar-refractivity contribution in [1.82, 2.24) is 10.1 Å². The Bertz CT molecular complexity index is 613. The van der Waals surface area contributed by atoms with E-state index in [0.29, 0.717) is 24.2 Å². The van der Waals surface area contributed by atoms with Crippen LogP contribution in [-0.2, 0) is 11.2 Å². The molecular formula is C15H17FN2O2. The number of piperidine rings is 1. The lowest BCUT2D eigenvalue weighted by Gasteiger charge is -2.25. The van der Waals surface area contributed by atoms with Gasteiger partial charge in [0.25, 0.3) is 0 Å². The van der Waals surface area contributed by atoms with Gasteiger partial charge in [-0.3, -0.25) is 4.79 Å². The van der Waals surface area contributed by atoms with Gasteiger partial charge in [-0.05, 0) is 31.5 Å². The SMILES string of the molecule is O=C1CCN(CCCc2noc3cc(F)ccc23)CC1.